The number of methoxy groups -OCH3 is 2. The number of amides is 2. The third-order valence-corrected chi connectivity index (χ3v) is 2.85. The number of aliphatic hydroxyl groups is 1. The van der Waals surface area contributed by atoms with Crippen LogP contribution in [0.3, 0.4) is 0 Å². The molecule has 0 aliphatic rings. The van der Waals surface area contributed by atoms with Crippen LogP contribution in [0.4, 0.5) is 4.79 Å². The quantitative estimate of drug-likeness (QED) is 0.732. The molecule has 0 heterocycles. The molecule has 1 aromatic rings. The smallest absolute Gasteiger partial charge is 0.317 e. The fourth-order valence-corrected chi connectivity index (χ4v) is 1.69. The Kier molecular flexibility index (Phi) is 6.83. The van der Waals surface area contributed by atoms with Crippen molar-refractivity contribution in [2.24, 2.45) is 0 Å². The normalized spacial score (nSPS) is 11.8. The highest BCUT2D eigenvalue weighted by Crippen LogP contribution is 2.19. The summed E-state index contributed by atoms with van der Waals surface area (Å²) >= 11 is 0. The molecule has 112 valence electrons. The predicted octanol–water partition coefficient (Wildman–Crippen LogP) is 1.02. The van der Waals surface area contributed by atoms with Crippen molar-refractivity contribution in [1.29, 1.82) is 0 Å². The zero-order valence-corrected chi connectivity index (χ0v) is 12.1. The highest BCUT2D eigenvalue weighted by atomic mass is 16.5. The second-order valence-corrected chi connectivity index (χ2v) is 4.40. The first kappa shape index (κ1) is 16.3. The summed E-state index contributed by atoms with van der Waals surface area (Å²) in [5, 5.41) is 12.8. The molecule has 1 aromatic carbocycles. The Hall–Kier alpha value is -1.79. The first-order valence-electron chi connectivity index (χ1n) is 6.38. The minimum absolute atomic E-state index is 0.200. The van der Waals surface area contributed by atoms with Gasteiger partial charge < -0.3 is 24.8 Å². The number of benzene rings is 1. The number of hydrogen-bond donors (Lipinski definition) is 2. The van der Waals surface area contributed by atoms with Crippen LogP contribution in [0.15, 0.2) is 24.3 Å². The predicted molar refractivity (Wildman–Crippen MR) is 75.9 cm³/mol. The van der Waals surface area contributed by atoms with Crippen molar-refractivity contribution in [3.8, 4) is 5.75 Å². The molecule has 0 aromatic heterocycles. The van der Waals surface area contributed by atoms with Crippen LogP contribution in [-0.4, -0.2) is 57.0 Å². The van der Waals surface area contributed by atoms with Crippen LogP contribution < -0.4 is 10.1 Å². The largest absolute Gasteiger partial charge is 0.497 e. The minimum atomic E-state index is -0.761. The second-order valence-electron chi connectivity index (χ2n) is 4.40. The molecular weight excluding hydrogens is 260 g/mol. The van der Waals surface area contributed by atoms with Gasteiger partial charge in [-0.15, -0.1) is 0 Å². The lowest BCUT2D eigenvalue weighted by molar-refractivity contribution is 0.129. The Bertz CT molecular complexity index is 425. The summed E-state index contributed by atoms with van der Waals surface area (Å²) in [5.41, 5.74) is 0.709. The molecule has 0 aliphatic carbocycles. The molecule has 0 aliphatic heterocycles. The summed E-state index contributed by atoms with van der Waals surface area (Å²) in [6, 6.07) is 6.91. The van der Waals surface area contributed by atoms with Gasteiger partial charge in [-0.2, -0.15) is 0 Å². The summed E-state index contributed by atoms with van der Waals surface area (Å²) < 4.78 is 9.96. The summed E-state index contributed by atoms with van der Waals surface area (Å²) in [4.78, 5) is 13.2. The lowest BCUT2D eigenvalue weighted by Gasteiger charge is -2.21. The average Bonchev–Trinajstić information content (AvgIpc) is 2.47. The lowest BCUT2D eigenvalue weighted by Crippen LogP contribution is -2.40. The summed E-state index contributed by atoms with van der Waals surface area (Å²) in [5.74, 6) is 0.675. The first-order chi connectivity index (χ1) is 9.58. The molecular formula is C14H22N2O4. The van der Waals surface area contributed by atoms with Gasteiger partial charge in [0.15, 0.2) is 0 Å². The standard InChI is InChI=1S/C14H22N2O4/c1-16(14(18)15-7-8-19-2)10-13(17)11-5-4-6-12(9-11)20-3/h4-6,9,13,17H,7-8,10H2,1-3H3,(H,15,18). The van der Waals surface area contributed by atoms with Gasteiger partial charge >= 0.3 is 6.03 Å². The van der Waals surface area contributed by atoms with Crippen molar-refractivity contribution >= 4 is 6.03 Å². The molecule has 0 saturated carbocycles. The number of nitrogens with zero attached hydrogens (tertiary/aromatic N) is 1. The van der Waals surface area contributed by atoms with E-state index in [4.69, 9.17) is 9.47 Å². The molecule has 0 bridgehead atoms. The van der Waals surface area contributed by atoms with Crippen LogP contribution in [0.1, 0.15) is 11.7 Å². The van der Waals surface area contributed by atoms with Gasteiger partial charge in [-0.25, -0.2) is 4.79 Å². The van der Waals surface area contributed by atoms with E-state index >= 15 is 0 Å². The lowest BCUT2D eigenvalue weighted by atomic mass is 10.1. The topological polar surface area (TPSA) is 71.0 Å². The number of carbonyl (C=O) groups is 1. The molecule has 20 heavy (non-hydrogen) atoms. The van der Waals surface area contributed by atoms with E-state index in [0.717, 1.165) is 0 Å². The van der Waals surface area contributed by atoms with Gasteiger partial charge in [0.1, 0.15) is 5.75 Å². The SMILES string of the molecule is COCCNC(=O)N(C)CC(O)c1cccc(OC)c1. The summed E-state index contributed by atoms with van der Waals surface area (Å²) in [7, 11) is 4.77. The van der Waals surface area contributed by atoms with Gasteiger partial charge in [-0.05, 0) is 17.7 Å². The van der Waals surface area contributed by atoms with Crippen LogP contribution in [-0.2, 0) is 4.74 Å². The fraction of sp³-hybridized carbons (Fsp3) is 0.500. The molecule has 1 unspecified atom stereocenters. The van der Waals surface area contributed by atoms with Crippen LogP contribution in [0.2, 0.25) is 0 Å². The van der Waals surface area contributed by atoms with E-state index in [-0.39, 0.29) is 12.6 Å². The van der Waals surface area contributed by atoms with Gasteiger partial charge in [-0.1, -0.05) is 12.1 Å². The number of carbonyl (C=O) groups excluding carboxylic acids is 1. The van der Waals surface area contributed by atoms with Crippen LogP contribution in [0, 0.1) is 0 Å². The van der Waals surface area contributed by atoms with E-state index in [0.29, 0.717) is 24.5 Å². The van der Waals surface area contributed by atoms with Gasteiger partial charge in [0.05, 0.1) is 26.4 Å². The molecule has 0 radical (unpaired) electrons. The molecule has 0 spiro atoms. The minimum Gasteiger partial charge on any atom is -0.497 e. The van der Waals surface area contributed by atoms with E-state index in [1.54, 1.807) is 45.5 Å². The number of rotatable bonds is 7. The zero-order chi connectivity index (χ0) is 15.0. The molecule has 0 saturated heterocycles. The van der Waals surface area contributed by atoms with E-state index in [9.17, 15) is 9.90 Å². The van der Waals surface area contributed by atoms with E-state index < -0.39 is 6.10 Å². The average molecular weight is 282 g/mol. The van der Waals surface area contributed by atoms with Gasteiger partial charge in [0, 0.05) is 20.7 Å². The molecule has 6 nitrogen and oxygen atoms in total. The van der Waals surface area contributed by atoms with Crippen molar-refractivity contribution in [2.75, 3.05) is 41.0 Å². The number of likely N-dealkylation sites (N-methyl/N-ethyl adjacent to an activating group) is 1. The third-order valence-electron chi connectivity index (χ3n) is 2.85. The summed E-state index contributed by atoms with van der Waals surface area (Å²) in [6.45, 7) is 1.10. The molecule has 0 fully saturated rings. The molecule has 1 rings (SSSR count). The Labute approximate surface area is 119 Å². The maximum Gasteiger partial charge on any atom is 0.317 e. The van der Waals surface area contributed by atoms with Gasteiger partial charge in [0.25, 0.3) is 0 Å². The number of ether oxygens (including phenoxy) is 2. The van der Waals surface area contributed by atoms with Gasteiger partial charge in [0.2, 0.25) is 0 Å². The molecule has 2 amide bonds. The molecule has 2 N–H and O–H groups in total. The maximum atomic E-state index is 11.7. The Morgan fingerprint density at radius 1 is 1.45 bits per heavy atom. The van der Waals surface area contributed by atoms with Crippen molar-refractivity contribution < 1.29 is 19.4 Å². The maximum absolute atomic E-state index is 11.7. The van der Waals surface area contributed by atoms with Crippen molar-refractivity contribution in [1.82, 2.24) is 10.2 Å². The van der Waals surface area contributed by atoms with Gasteiger partial charge in [-0.3, -0.25) is 0 Å². The zero-order valence-electron chi connectivity index (χ0n) is 12.1. The molecule has 1 atom stereocenters. The fourth-order valence-electron chi connectivity index (χ4n) is 1.69. The van der Waals surface area contributed by atoms with Crippen molar-refractivity contribution in [3.05, 3.63) is 29.8 Å². The highest BCUT2D eigenvalue weighted by Gasteiger charge is 2.15. The van der Waals surface area contributed by atoms with Crippen LogP contribution in [0.25, 0.3) is 0 Å². The van der Waals surface area contributed by atoms with E-state index in [1.165, 1.54) is 4.90 Å². The second kappa shape index (κ2) is 8.39. The number of nitrogens with one attached hydrogen (secondary N) is 1. The van der Waals surface area contributed by atoms with Crippen LogP contribution in [0.5, 0.6) is 5.75 Å². The molecule has 6 heteroatoms. The summed E-state index contributed by atoms with van der Waals surface area (Å²) in [6.07, 6.45) is -0.761. The van der Waals surface area contributed by atoms with Crippen molar-refractivity contribution in [3.63, 3.8) is 0 Å². The first-order valence-corrected chi connectivity index (χ1v) is 6.38. The monoisotopic (exact) mass is 282 g/mol. The highest BCUT2D eigenvalue weighted by molar-refractivity contribution is 5.73. The number of hydrogen-bond acceptors (Lipinski definition) is 4. The van der Waals surface area contributed by atoms with E-state index in [1.807, 2.05) is 0 Å². The third kappa shape index (κ3) is 5.07. The Morgan fingerprint density at radius 3 is 2.85 bits per heavy atom. The number of urea groups is 1. The van der Waals surface area contributed by atoms with Crippen LogP contribution >= 0.6 is 0 Å². The van der Waals surface area contributed by atoms with Crippen molar-refractivity contribution in [2.45, 2.75) is 6.10 Å². The Morgan fingerprint density at radius 2 is 2.20 bits per heavy atom. The number of aliphatic hydroxyl groups excluding tert-OH is 1. The van der Waals surface area contributed by atoms with E-state index in [2.05, 4.69) is 5.32 Å². The Balaban J connectivity index is 2.51.